The van der Waals surface area contributed by atoms with Gasteiger partial charge in [-0.15, -0.1) is 0 Å². The zero-order chi connectivity index (χ0) is 11.0. The topological polar surface area (TPSA) is 15.8 Å². The molecule has 1 heteroatoms. The summed E-state index contributed by atoms with van der Waals surface area (Å²) in [5.74, 6) is 0. The molecule has 0 aliphatic heterocycles. The molecule has 1 radical (unpaired) electrons. The highest BCUT2D eigenvalue weighted by Gasteiger charge is 2.02. The second kappa shape index (κ2) is 3.53. The molecule has 0 saturated heterocycles. The first-order chi connectivity index (χ1) is 7.88. The lowest BCUT2D eigenvalue weighted by atomic mass is 10.1. The van der Waals surface area contributed by atoms with Crippen LogP contribution in [-0.2, 0) is 0 Å². The summed E-state index contributed by atoms with van der Waals surface area (Å²) >= 11 is 0. The number of H-pyrrole nitrogens is 1. The zero-order valence-electron chi connectivity index (χ0n) is 8.90. The predicted octanol–water partition coefficient (Wildman–Crippen LogP) is 4.17. The Morgan fingerprint density at radius 1 is 0.938 bits per heavy atom. The van der Waals surface area contributed by atoms with Crippen molar-refractivity contribution in [3.05, 3.63) is 61.0 Å². The summed E-state index contributed by atoms with van der Waals surface area (Å²) in [7, 11) is 0. The minimum Gasteiger partial charge on any atom is -0.355 e. The van der Waals surface area contributed by atoms with Gasteiger partial charge in [-0.3, -0.25) is 0 Å². The van der Waals surface area contributed by atoms with Crippen LogP contribution in [0.1, 0.15) is 5.56 Å². The normalized spacial score (nSPS) is 11.8. The first-order valence-corrected chi connectivity index (χ1v) is 5.35. The Kier molecular flexibility index (Phi) is 2.03. The van der Waals surface area contributed by atoms with Crippen molar-refractivity contribution in [3.63, 3.8) is 0 Å². The van der Waals surface area contributed by atoms with E-state index in [1.807, 2.05) is 12.2 Å². The third-order valence-corrected chi connectivity index (χ3v) is 2.84. The zero-order valence-corrected chi connectivity index (χ0v) is 8.90. The van der Waals surface area contributed by atoms with Gasteiger partial charge >= 0.3 is 0 Å². The van der Waals surface area contributed by atoms with Crippen molar-refractivity contribution in [2.75, 3.05) is 0 Å². The summed E-state index contributed by atoms with van der Waals surface area (Å²) in [5.41, 5.74) is 3.56. The molecule has 1 nitrogen and oxygen atoms in total. The van der Waals surface area contributed by atoms with E-state index in [0.29, 0.717) is 0 Å². The van der Waals surface area contributed by atoms with Crippen LogP contribution < -0.4 is 0 Å². The second-order valence-electron chi connectivity index (χ2n) is 3.88. The van der Waals surface area contributed by atoms with E-state index in [2.05, 4.69) is 54.4 Å². The van der Waals surface area contributed by atoms with Gasteiger partial charge in [0.1, 0.15) is 0 Å². The minimum absolute atomic E-state index is 1.18. The van der Waals surface area contributed by atoms with Gasteiger partial charge in [-0.25, -0.2) is 0 Å². The number of rotatable bonds is 1. The Balaban J connectivity index is 2.39. The molecular formula is C15H12N. The molecule has 1 aromatic heterocycles. The molecule has 0 bridgehead atoms. The fourth-order valence-electron chi connectivity index (χ4n) is 2.11. The van der Waals surface area contributed by atoms with Crippen LogP contribution in [0.5, 0.6) is 0 Å². The number of allylic oxidation sites excluding steroid dienone is 1. The minimum atomic E-state index is 1.18. The number of benzene rings is 2. The number of hydrogen-bond acceptors (Lipinski definition) is 0. The first-order valence-electron chi connectivity index (χ1n) is 5.35. The van der Waals surface area contributed by atoms with Crippen molar-refractivity contribution in [1.29, 1.82) is 0 Å². The van der Waals surface area contributed by atoms with E-state index in [0.717, 1.165) is 0 Å². The van der Waals surface area contributed by atoms with Crippen LogP contribution in [0.3, 0.4) is 0 Å². The van der Waals surface area contributed by atoms with Gasteiger partial charge in [0, 0.05) is 21.8 Å². The smallest absolute Gasteiger partial charge is 0.0465 e. The van der Waals surface area contributed by atoms with Crippen molar-refractivity contribution in [2.24, 2.45) is 0 Å². The maximum Gasteiger partial charge on any atom is 0.0465 e. The molecule has 0 aliphatic rings. The molecule has 2 aromatic carbocycles. The standard InChI is InChI=1S/C15H12N/c1-2-5-11-8-9-15-13(10-11)12-6-3-4-7-14(12)16-15/h2-10,16H,1H2. The van der Waals surface area contributed by atoms with E-state index in [-0.39, 0.29) is 0 Å². The molecule has 0 atom stereocenters. The molecule has 3 aromatic rings. The van der Waals surface area contributed by atoms with Crippen molar-refractivity contribution in [2.45, 2.75) is 0 Å². The van der Waals surface area contributed by atoms with Crippen molar-refractivity contribution < 1.29 is 0 Å². The van der Waals surface area contributed by atoms with E-state index in [9.17, 15) is 0 Å². The van der Waals surface area contributed by atoms with E-state index >= 15 is 0 Å². The average molecular weight is 206 g/mol. The maximum atomic E-state index is 3.72. The van der Waals surface area contributed by atoms with Gasteiger partial charge in [-0.2, -0.15) is 0 Å². The van der Waals surface area contributed by atoms with Gasteiger partial charge in [-0.05, 0) is 30.7 Å². The highest BCUT2D eigenvalue weighted by Crippen LogP contribution is 2.26. The summed E-state index contributed by atoms with van der Waals surface area (Å²) < 4.78 is 0. The van der Waals surface area contributed by atoms with E-state index < -0.39 is 0 Å². The van der Waals surface area contributed by atoms with Crippen LogP contribution in [0, 0.1) is 6.92 Å². The largest absolute Gasteiger partial charge is 0.355 e. The van der Waals surface area contributed by atoms with Crippen LogP contribution in [-0.4, -0.2) is 4.98 Å². The van der Waals surface area contributed by atoms with Crippen LogP contribution in [0.2, 0.25) is 0 Å². The number of para-hydroxylation sites is 1. The lowest BCUT2D eigenvalue weighted by Crippen LogP contribution is -1.72. The molecule has 77 valence electrons. The monoisotopic (exact) mass is 206 g/mol. The van der Waals surface area contributed by atoms with Crippen LogP contribution in [0.4, 0.5) is 0 Å². The third kappa shape index (κ3) is 1.33. The SMILES string of the molecule is [CH2]C=Cc1ccc2[nH]c3ccccc3c2c1. The van der Waals surface area contributed by atoms with Crippen molar-refractivity contribution in [1.82, 2.24) is 4.98 Å². The summed E-state index contributed by atoms with van der Waals surface area (Å²) in [6.45, 7) is 3.72. The predicted molar refractivity (Wildman–Crippen MR) is 70.2 cm³/mol. The molecule has 0 fully saturated rings. The third-order valence-electron chi connectivity index (χ3n) is 2.84. The van der Waals surface area contributed by atoms with Crippen molar-refractivity contribution in [3.8, 4) is 0 Å². The first kappa shape index (κ1) is 9.22. The van der Waals surface area contributed by atoms with Crippen LogP contribution >= 0.6 is 0 Å². The second-order valence-corrected chi connectivity index (χ2v) is 3.88. The quantitative estimate of drug-likeness (QED) is 0.615. The molecule has 0 saturated carbocycles. The Labute approximate surface area is 94.4 Å². The fraction of sp³-hybridized carbons (Fsp3) is 0. The van der Waals surface area contributed by atoms with Crippen LogP contribution in [0.25, 0.3) is 27.9 Å². The molecule has 0 unspecified atom stereocenters. The molecular weight excluding hydrogens is 194 g/mol. The Morgan fingerprint density at radius 3 is 2.62 bits per heavy atom. The van der Waals surface area contributed by atoms with E-state index in [4.69, 9.17) is 0 Å². The lowest BCUT2D eigenvalue weighted by molar-refractivity contribution is 1.54. The van der Waals surface area contributed by atoms with Gasteiger partial charge in [0.2, 0.25) is 0 Å². The fourth-order valence-corrected chi connectivity index (χ4v) is 2.11. The molecule has 0 amide bonds. The maximum absolute atomic E-state index is 3.72. The number of fused-ring (bicyclic) bond motifs is 3. The molecule has 1 N–H and O–H groups in total. The summed E-state index contributed by atoms with van der Waals surface area (Å²) in [6, 6.07) is 14.8. The highest BCUT2D eigenvalue weighted by atomic mass is 14.7. The number of aromatic nitrogens is 1. The Bertz CT molecular complexity index is 674. The van der Waals surface area contributed by atoms with Crippen LogP contribution in [0.15, 0.2) is 48.5 Å². The summed E-state index contributed by atoms with van der Waals surface area (Å²) in [4.78, 5) is 3.41. The van der Waals surface area contributed by atoms with Gasteiger partial charge in [0.05, 0.1) is 0 Å². The number of hydrogen-bond donors (Lipinski definition) is 1. The highest BCUT2D eigenvalue weighted by molar-refractivity contribution is 6.07. The molecule has 1 heterocycles. The van der Waals surface area contributed by atoms with Crippen molar-refractivity contribution >= 4 is 27.9 Å². The Hall–Kier alpha value is -2.02. The molecule has 0 aliphatic carbocycles. The number of aromatic amines is 1. The van der Waals surface area contributed by atoms with E-state index in [1.165, 1.54) is 27.4 Å². The van der Waals surface area contributed by atoms with Gasteiger partial charge in [0.25, 0.3) is 0 Å². The molecule has 3 rings (SSSR count). The van der Waals surface area contributed by atoms with Gasteiger partial charge in [-0.1, -0.05) is 36.4 Å². The summed E-state index contributed by atoms with van der Waals surface area (Å²) in [5, 5.41) is 2.54. The molecule has 0 spiro atoms. The lowest BCUT2D eigenvalue weighted by Gasteiger charge is -1.94. The Morgan fingerprint density at radius 2 is 1.75 bits per heavy atom. The van der Waals surface area contributed by atoms with E-state index in [1.54, 1.807) is 0 Å². The summed E-state index contributed by atoms with van der Waals surface area (Å²) in [6.07, 6.45) is 3.83. The number of nitrogens with one attached hydrogen (secondary N) is 1. The molecule has 16 heavy (non-hydrogen) atoms. The van der Waals surface area contributed by atoms with Gasteiger partial charge in [0.15, 0.2) is 0 Å². The van der Waals surface area contributed by atoms with Gasteiger partial charge < -0.3 is 4.98 Å². The average Bonchev–Trinajstić information content (AvgIpc) is 2.68.